The lowest BCUT2D eigenvalue weighted by atomic mass is 9.91. The van der Waals surface area contributed by atoms with Gasteiger partial charge in [-0.2, -0.15) is 0 Å². The van der Waals surface area contributed by atoms with Crippen molar-refractivity contribution in [3.8, 4) is 0 Å². The van der Waals surface area contributed by atoms with Crippen LogP contribution in [0.1, 0.15) is 49.0 Å². The van der Waals surface area contributed by atoms with E-state index in [-0.39, 0.29) is 27.9 Å². The number of alkyl halides is 1. The summed E-state index contributed by atoms with van der Waals surface area (Å²) >= 11 is 3.21. The molecule has 1 aliphatic rings. The summed E-state index contributed by atoms with van der Waals surface area (Å²) in [5.74, 6) is -1.84. The molecule has 0 heterocycles. The molecule has 1 atom stereocenters. The van der Waals surface area contributed by atoms with E-state index in [4.69, 9.17) is 14.3 Å². The summed E-state index contributed by atoms with van der Waals surface area (Å²) in [6.45, 7) is 5.32. The zero-order valence-corrected chi connectivity index (χ0v) is 19.0. The van der Waals surface area contributed by atoms with Gasteiger partial charge in [-0.25, -0.2) is 14.0 Å². The zero-order chi connectivity index (χ0) is 22.3. The van der Waals surface area contributed by atoms with Gasteiger partial charge in [0.15, 0.2) is 5.76 Å². The quantitative estimate of drug-likeness (QED) is 0.291. The normalized spacial score (nSPS) is 20.1. The van der Waals surface area contributed by atoms with Gasteiger partial charge < -0.3 is 14.3 Å². The second-order valence-electron chi connectivity index (χ2n) is 6.96. The molecule has 0 radical (unpaired) electrons. The minimum absolute atomic E-state index is 0.0101. The number of esters is 2. The summed E-state index contributed by atoms with van der Waals surface area (Å²) in [6.07, 6.45) is 3.83. The third-order valence-corrected chi connectivity index (χ3v) is 5.28. The molecule has 1 aliphatic carbocycles. The van der Waals surface area contributed by atoms with Gasteiger partial charge in [-0.15, -0.1) is 0 Å². The maximum Gasteiger partial charge on any atom is 0.343 e. The average Bonchev–Trinajstić information content (AvgIpc) is 2.71. The van der Waals surface area contributed by atoms with Crippen LogP contribution in [0.15, 0.2) is 51.3 Å². The van der Waals surface area contributed by atoms with Crippen LogP contribution in [0.5, 0.6) is 0 Å². The fraction of sp³-hybridized carbons (Fsp3) is 0.409. The third-order valence-electron chi connectivity index (χ3n) is 4.50. The molecule has 0 aromatic heterocycles. The number of hydrogen-bond acceptors (Lipinski definition) is 6. The summed E-state index contributed by atoms with van der Waals surface area (Å²) in [6, 6.07) is 6.64. The van der Waals surface area contributed by atoms with Crippen LogP contribution < -0.4 is 0 Å². The average molecular weight is 482 g/mol. The number of carbonyl (C=O) groups excluding carboxylic acids is 2. The van der Waals surface area contributed by atoms with E-state index in [1.165, 1.54) is 20.1 Å². The molecular weight excluding hydrogens is 457 g/mol. The SMILES string of the molecule is CCCCCOC(=O)C1=CC(=NOC)[C@@](C)(F)C(OC(=O)c2ccc(C)cc2)=C1Br. The third kappa shape index (κ3) is 5.56. The molecule has 0 saturated heterocycles. The Hall–Kier alpha value is -2.48. The maximum absolute atomic E-state index is 15.6. The number of hydrogen-bond donors (Lipinski definition) is 0. The summed E-state index contributed by atoms with van der Waals surface area (Å²) < 4.78 is 26.2. The van der Waals surface area contributed by atoms with Crippen LogP contribution in [-0.2, 0) is 19.1 Å². The van der Waals surface area contributed by atoms with Gasteiger partial charge in [0.25, 0.3) is 0 Å². The maximum atomic E-state index is 15.6. The lowest BCUT2D eigenvalue weighted by Gasteiger charge is -2.28. The Kier molecular flexibility index (Phi) is 8.34. The van der Waals surface area contributed by atoms with Crippen molar-refractivity contribution < 1.29 is 28.3 Å². The van der Waals surface area contributed by atoms with Crippen molar-refractivity contribution in [3.05, 3.63) is 57.3 Å². The number of carbonyl (C=O) groups is 2. The van der Waals surface area contributed by atoms with Gasteiger partial charge in [-0.3, -0.25) is 0 Å². The number of ether oxygens (including phenoxy) is 2. The molecule has 0 aliphatic heterocycles. The molecule has 0 spiro atoms. The molecule has 0 unspecified atom stereocenters. The highest BCUT2D eigenvalue weighted by molar-refractivity contribution is 9.12. The van der Waals surface area contributed by atoms with Crippen LogP contribution in [0, 0.1) is 6.92 Å². The minimum atomic E-state index is -2.32. The van der Waals surface area contributed by atoms with E-state index >= 15 is 4.39 Å². The van der Waals surface area contributed by atoms with E-state index in [2.05, 4.69) is 21.1 Å². The van der Waals surface area contributed by atoms with Crippen LogP contribution in [0.4, 0.5) is 4.39 Å². The number of allylic oxidation sites excluding steroid dienone is 2. The zero-order valence-electron chi connectivity index (χ0n) is 17.5. The van der Waals surface area contributed by atoms with Gasteiger partial charge in [-0.1, -0.05) is 42.6 Å². The Balaban J connectivity index is 2.36. The fourth-order valence-corrected chi connectivity index (χ4v) is 3.45. The van der Waals surface area contributed by atoms with Gasteiger partial charge >= 0.3 is 11.9 Å². The Morgan fingerprint density at radius 2 is 1.83 bits per heavy atom. The Morgan fingerprint density at radius 3 is 2.43 bits per heavy atom. The van der Waals surface area contributed by atoms with Crippen LogP contribution in [-0.4, -0.2) is 37.0 Å². The number of nitrogens with zero attached hydrogens (tertiary/aromatic N) is 1. The summed E-state index contributed by atoms with van der Waals surface area (Å²) in [5, 5.41) is 3.67. The molecule has 162 valence electrons. The Morgan fingerprint density at radius 1 is 1.17 bits per heavy atom. The highest BCUT2D eigenvalue weighted by Gasteiger charge is 2.45. The van der Waals surface area contributed by atoms with Crippen molar-refractivity contribution >= 4 is 33.6 Å². The molecule has 2 rings (SSSR count). The first kappa shape index (κ1) is 23.8. The summed E-state index contributed by atoms with van der Waals surface area (Å²) in [4.78, 5) is 29.9. The first-order valence-electron chi connectivity index (χ1n) is 9.61. The second kappa shape index (κ2) is 10.5. The number of halogens is 2. The van der Waals surface area contributed by atoms with Gasteiger partial charge in [0.05, 0.1) is 22.2 Å². The Bertz CT molecular complexity index is 887. The smallest absolute Gasteiger partial charge is 0.343 e. The summed E-state index contributed by atoms with van der Waals surface area (Å²) in [7, 11) is 1.25. The van der Waals surface area contributed by atoms with Crippen LogP contribution >= 0.6 is 15.9 Å². The number of oxime groups is 1. The molecule has 0 amide bonds. The van der Waals surface area contributed by atoms with E-state index in [0.717, 1.165) is 18.4 Å². The molecular formula is C22H25BrFNO5. The number of rotatable bonds is 8. The van der Waals surface area contributed by atoms with Crippen molar-refractivity contribution in [3.63, 3.8) is 0 Å². The molecule has 1 aromatic rings. The van der Waals surface area contributed by atoms with Gasteiger partial charge in [-0.05, 0) is 54.4 Å². The lowest BCUT2D eigenvalue weighted by molar-refractivity contribution is -0.138. The minimum Gasteiger partial charge on any atom is -0.462 e. The lowest BCUT2D eigenvalue weighted by Crippen LogP contribution is -2.38. The molecule has 6 nitrogen and oxygen atoms in total. The summed E-state index contributed by atoms with van der Waals surface area (Å²) in [5.41, 5.74) is -1.34. The van der Waals surface area contributed by atoms with Crippen molar-refractivity contribution in [2.75, 3.05) is 13.7 Å². The fourth-order valence-electron chi connectivity index (χ4n) is 2.72. The van der Waals surface area contributed by atoms with Gasteiger partial charge in [0.2, 0.25) is 5.67 Å². The number of aryl methyl sites for hydroxylation is 1. The van der Waals surface area contributed by atoms with E-state index in [1.807, 2.05) is 13.8 Å². The largest absolute Gasteiger partial charge is 0.462 e. The highest BCUT2D eigenvalue weighted by Crippen LogP contribution is 2.39. The first-order valence-corrected chi connectivity index (χ1v) is 10.4. The molecule has 0 saturated carbocycles. The van der Waals surface area contributed by atoms with Crippen LogP contribution in [0.25, 0.3) is 0 Å². The molecule has 0 bridgehead atoms. The Labute approximate surface area is 183 Å². The van der Waals surface area contributed by atoms with E-state index in [0.29, 0.717) is 6.42 Å². The standard InChI is InChI=1S/C22H25BrFNO5/c1-5-6-7-12-29-21(27)16-13-17(25-28-4)22(3,24)19(18(16)23)30-20(26)15-10-8-14(2)9-11-15/h8-11,13H,5-7,12H2,1-4H3/t22-/m1/s1. The van der Waals surface area contributed by atoms with Crippen LogP contribution in [0.3, 0.4) is 0 Å². The molecule has 8 heteroatoms. The van der Waals surface area contributed by atoms with Crippen molar-refractivity contribution in [1.29, 1.82) is 0 Å². The van der Waals surface area contributed by atoms with Crippen molar-refractivity contribution in [1.82, 2.24) is 0 Å². The number of benzene rings is 1. The van der Waals surface area contributed by atoms with Crippen molar-refractivity contribution in [2.45, 2.75) is 45.7 Å². The van der Waals surface area contributed by atoms with E-state index in [1.54, 1.807) is 24.3 Å². The highest BCUT2D eigenvalue weighted by atomic mass is 79.9. The molecule has 1 aromatic carbocycles. The first-order chi connectivity index (χ1) is 14.2. The predicted octanol–water partition coefficient (Wildman–Crippen LogP) is 5.16. The van der Waals surface area contributed by atoms with Gasteiger partial charge in [0, 0.05) is 0 Å². The van der Waals surface area contributed by atoms with E-state index in [9.17, 15) is 9.59 Å². The second-order valence-corrected chi connectivity index (χ2v) is 7.75. The van der Waals surface area contributed by atoms with E-state index < -0.39 is 23.4 Å². The predicted molar refractivity (Wildman–Crippen MR) is 115 cm³/mol. The molecule has 0 N–H and O–H groups in total. The molecule has 0 fully saturated rings. The molecule has 30 heavy (non-hydrogen) atoms. The monoisotopic (exact) mass is 481 g/mol. The van der Waals surface area contributed by atoms with Gasteiger partial charge in [0.1, 0.15) is 12.8 Å². The van der Waals surface area contributed by atoms with Crippen LogP contribution in [0.2, 0.25) is 0 Å². The number of unbranched alkanes of at least 4 members (excludes halogenated alkanes) is 2. The topological polar surface area (TPSA) is 74.2 Å². The van der Waals surface area contributed by atoms with Crippen molar-refractivity contribution in [2.24, 2.45) is 5.16 Å².